The second-order valence-corrected chi connectivity index (χ2v) is 10.6. The van der Waals surface area contributed by atoms with Crippen LogP contribution < -0.4 is 0 Å². The molecule has 8 atom stereocenters. The summed E-state index contributed by atoms with van der Waals surface area (Å²) >= 11 is 0. The van der Waals surface area contributed by atoms with E-state index in [9.17, 15) is 19.8 Å². The summed E-state index contributed by atoms with van der Waals surface area (Å²) in [4.78, 5) is 25.6. The standard InChI is InChI=1S/C21H28O5/c1-10-7-20-8-11(10)5-6-12(20)21-9-18(2,3)16(24)19(4,17(25)26-21)14(21)13(20)15(22)23/h11-14,16,24H,1,5-9H2,2-4H3,(H,22,23)/t11-,12-,13-,14-,16+,19+,20+,21-/m1/s1. The first-order chi connectivity index (χ1) is 12.0. The van der Waals surface area contributed by atoms with Crippen LogP contribution in [0.3, 0.4) is 0 Å². The lowest BCUT2D eigenvalue weighted by molar-refractivity contribution is -0.164. The Morgan fingerprint density at radius 1 is 1.27 bits per heavy atom. The Kier molecular flexibility index (Phi) is 2.82. The molecule has 0 unspecified atom stereocenters. The molecule has 4 saturated carbocycles. The Labute approximate surface area is 153 Å². The van der Waals surface area contributed by atoms with Gasteiger partial charge in [-0.3, -0.25) is 9.59 Å². The summed E-state index contributed by atoms with van der Waals surface area (Å²) in [6.45, 7) is 9.96. The van der Waals surface area contributed by atoms with Crippen molar-refractivity contribution in [3.05, 3.63) is 12.2 Å². The van der Waals surface area contributed by atoms with Crippen LogP contribution in [-0.4, -0.2) is 33.9 Å². The largest absolute Gasteiger partial charge is 0.481 e. The van der Waals surface area contributed by atoms with E-state index in [0.717, 1.165) is 25.7 Å². The summed E-state index contributed by atoms with van der Waals surface area (Å²) in [6, 6.07) is 0. The minimum Gasteiger partial charge on any atom is -0.481 e. The van der Waals surface area contributed by atoms with Crippen molar-refractivity contribution in [3.63, 3.8) is 0 Å². The molecule has 1 heterocycles. The molecule has 5 fully saturated rings. The zero-order valence-electron chi connectivity index (χ0n) is 15.7. The Balaban J connectivity index is 1.78. The first-order valence-corrected chi connectivity index (χ1v) is 9.83. The SMILES string of the molecule is C=C1C[C@]23C[C@H]1CC[C@H]2[C@@]12CC(C)(C)[C@H](O)[C@@](C)(C(=O)O1)[C@H]2[C@@H]3C(=O)O. The highest BCUT2D eigenvalue weighted by molar-refractivity contribution is 5.85. The van der Waals surface area contributed by atoms with Gasteiger partial charge in [-0.2, -0.15) is 0 Å². The van der Waals surface area contributed by atoms with Crippen molar-refractivity contribution in [2.75, 3.05) is 0 Å². The fourth-order valence-corrected chi connectivity index (χ4v) is 8.44. The van der Waals surface area contributed by atoms with Crippen molar-refractivity contribution in [3.8, 4) is 0 Å². The van der Waals surface area contributed by atoms with Gasteiger partial charge in [0.1, 0.15) is 5.60 Å². The number of carboxylic acid groups (broad SMARTS) is 1. The summed E-state index contributed by atoms with van der Waals surface area (Å²) in [5.74, 6) is -1.91. The van der Waals surface area contributed by atoms with Crippen LogP contribution >= 0.6 is 0 Å². The lowest BCUT2D eigenvalue weighted by atomic mass is 9.51. The molecule has 0 aromatic rings. The maximum Gasteiger partial charge on any atom is 0.315 e. The summed E-state index contributed by atoms with van der Waals surface area (Å²) in [5.41, 5.74) is -1.61. The predicted octanol–water partition coefficient (Wildman–Crippen LogP) is 2.77. The molecule has 4 aliphatic carbocycles. The lowest BCUT2D eigenvalue weighted by Crippen LogP contribution is -2.60. The van der Waals surface area contributed by atoms with Gasteiger partial charge < -0.3 is 14.9 Å². The van der Waals surface area contributed by atoms with Crippen LogP contribution in [0, 0.1) is 39.9 Å². The summed E-state index contributed by atoms with van der Waals surface area (Å²) < 4.78 is 6.14. The van der Waals surface area contributed by atoms with Gasteiger partial charge in [0, 0.05) is 11.8 Å². The smallest absolute Gasteiger partial charge is 0.315 e. The van der Waals surface area contributed by atoms with Crippen molar-refractivity contribution >= 4 is 11.9 Å². The van der Waals surface area contributed by atoms with E-state index < -0.39 is 46.3 Å². The topological polar surface area (TPSA) is 83.8 Å². The Morgan fingerprint density at radius 2 is 1.96 bits per heavy atom. The maximum absolute atomic E-state index is 13.0. The van der Waals surface area contributed by atoms with Crippen molar-refractivity contribution in [1.29, 1.82) is 0 Å². The Hall–Kier alpha value is -1.36. The molecule has 2 N–H and O–H groups in total. The maximum atomic E-state index is 13.0. The van der Waals surface area contributed by atoms with Crippen molar-refractivity contribution < 1.29 is 24.5 Å². The van der Waals surface area contributed by atoms with Gasteiger partial charge in [0.25, 0.3) is 0 Å². The number of aliphatic carboxylic acids is 1. The van der Waals surface area contributed by atoms with Crippen LogP contribution in [0.2, 0.25) is 0 Å². The van der Waals surface area contributed by atoms with Crippen LogP contribution in [0.1, 0.15) is 52.9 Å². The third-order valence-electron chi connectivity index (χ3n) is 9.00. The van der Waals surface area contributed by atoms with Crippen molar-refractivity contribution in [1.82, 2.24) is 0 Å². The van der Waals surface area contributed by atoms with E-state index in [1.54, 1.807) is 6.92 Å². The van der Waals surface area contributed by atoms with Crippen LogP contribution in [0.4, 0.5) is 0 Å². The molecule has 142 valence electrons. The normalized spacial score (nSPS) is 56.1. The van der Waals surface area contributed by atoms with E-state index in [4.69, 9.17) is 4.74 Å². The van der Waals surface area contributed by atoms with Gasteiger partial charge in [0.15, 0.2) is 0 Å². The highest BCUT2D eigenvalue weighted by atomic mass is 16.6. The fraction of sp³-hybridized carbons (Fsp3) is 0.810. The van der Waals surface area contributed by atoms with Gasteiger partial charge in [0.2, 0.25) is 0 Å². The summed E-state index contributed by atoms with van der Waals surface area (Å²) in [6.07, 6.45) is 3.10. The number of aliphatic hydroxyl groups excluding tert-OH is 1. The number of esters is 1. The average Bonchev–Trinajstić information content (AvgIpc) is 2.99. The Bertz CT molecular complexity index is 756. The first kappa shape index (κ1) is 16.8. The number of fused-ring (bicyclic) bond motifs is 1. The molecular formula is C21H28O5. The molecule has 4 bridgehead atoms. The number of hydrogen-bond donors (Lipinski definition) is 2. The van der Waals surface area contributed by atoms with Gasteiger partial charge in [-0.25, -0.2) is 0 Å². The number of aliphatic hydroxyl groups is 1. The molecule has 5 rings (SSSR count). The molecule has 0 amide bonds. The molecule has 1 saturated heterocycles. The first-order valence-electron chi connectivity index (χ1n) is 9.83. The summed E-state index contributed by atoms with van der Waals surface area (Å²) in [5, 5.41) is 21.4. The van der Waals surface area contributed by atoms with E-state index in [1.165, 1.54) is 5.57 Å². The number of rotatable bonds is 1. The van der Waals surface area contributed by atoms with Gasteiger partial charge in [-0.15, -0.1) is 0 Å². The van der Waals surface area contributed by atoms with E-state index in [-0.39, 0.29) is 11.3 Å². The van der Waals surface area contributed by atoms with Crippen LogP contribution in [0.5, 0.6) is 0 Å². The highest BCUT2D eigenvalue weighted by Gasteiger charge is 2.85. The van der Waals surface area contributed by atoms with E-state index >= 15 is 0 Å². The highest BCUT2D eigenvalue weighted by Crippen LogP contribution is 2.79. The third-order valence-corrected chi connectivity index (χ3v) is 9.00. The number of ether oxygens (including phenoxy) is 1. The molecule has 5 aliphatic rings. The molecular weight excluding hydrogens is 332 g/mol. The molecule has 5 heteroatoms. The van der Waals surface area contributed by atoms with Crippen LogP contribution in [-0.2, 0) is 14.3 Å². The number of carbonyl (C=O) groups is 2. The molecule has 1 spiro atoms. The van der Waals surface area contributed by atoms with Crippen LogP contribution in [0.25, 0.3) is 0 Å². The molecule has 26 heavy (non-hydrogen) atoms. The Morgan fingerprint density at radius 3 is 2.62 bits per heavy atom. The zero-order valence-corrected chi connectivity index (χ0v) is 15.7. The number of carbonyl (C=O) groups excluding carboxylic acids is 1. The monoisotopic (exact) mass is 360 g/mol. The lowest BCUT2D eigenvalue weighted by Gasteiger charge is -2.51. The molecule has 0 aromatic heterocycles. The van der Waals surface area contributed by atoms with Crippen LogP contribution in [0.15, 0.2) is 12.2 Å². The van der Waals surface area contributed by atoms with E-state index in [1.807, 2.05) is 13.8 Å². The number of allylic oxidation sites excluding steroid dienone is 1. The average molecular weight is 360 g/mol. The minimum atomic E-state index is -1.16. The molecule has 0 aromatic carbocycles. The number of hydrogen-bond acceptors (Lipinski definition) is 4. The third kappa shape index (κ3) is 1.48. The van der Waals surface area contributed by atoms with Crippen molar-refractivity contribution in [2.45, 2.75) is 64.6 Å². The second-order valence-electron chi connectivity index (χ2n) is 10.6. The zero-order chi connectivity index (χ0) is 18.9. The number of carboxylic acids is 1. The van der Waals surface area contributed by atoms with Gasteiger partial charge >= 0.3 is 11.9 Å². The summed E-state index contributed by atoms with van der Waals surface area (Å²) in [7, 11) is 0. The molecule has 5 nitrogen and oxygen atoms in total. The van der Waals surface area contributed by atoms with Gasteiger partial charge in [-0.1, -0.05) is 26.0 Å². The molecule has 0 radical (unpaired) electrons. The fourth-order valence-electron chi connectivity index (χ4n) is 8.44. The molecule has 1 aliphatic heterocycles. The van der Waals surface area contributed by atoms with Gasteiger partial charge in [0.05, 0.1) is 17.4 Å². The van der Waals surface area contributed by atoms with Crippen molar-refractivity contribution in [2.24, 2.45) is 39.9 Å². The van der Waals surface area contributed by atoms with Gasteiger partial charge in [-0.05, 0) is 55.8 Å². The quantitative estimate of drug-likeness (QED) is 0.555. The predicted molar refractivity (Wildman–Crippen MR) is 93.0 cm³/mol. The van der Waals surface area contributed by atoms with E-state index in [2.05, 4.69) is 6.58 Å². The van der Waals surface area contributed by atoms with E-state index in [0.29, 0.717) is 12.3 Å². The second kappa shape index (κ2) is 4.37. The minimum absolute atomic E-state index is 0.0501.